The molecular weight excluding hydrogens is 494 g/mol. The molecule has 4 unspecified atom stereocenters. The molecule has 2 aliphatic carbocycles. The van der Waals surface area contributed by atoms with E-state index in [1.807, 2.05) is 6.92 Å². The summed E-state index contributed by atoms with van der Waals surface area (Å²) < 4.78 is 34.1. The van der Waals surface area contributed by atoms with Crippen molar-refractivity contribution in [1.29, 1.82) is 0 Å². The Morgan fingerprint density at radius 2 is 1.94 bits per heavy atom. The van der Waals surface area contributed by atoms with E-state index in [9.17, 15) is 19.0 Å². The molecule has 0 amide bonds. The molecule has 0 bridgehead atoms. The summed E-state index contributed by atoms with van der Waals surface area (Å²) in [6.45, 7) is 1.83. The van der Waals surface area contributed by atoms with Gasteiger partial charge in [-0.3, -0.25) is 10.0 Å². The number of benzene rings is 1. The lowest BCUT2D eigenvalue weighted by Gasteiger charge is -2.30. The molecular formula is C23H30F2N6O4S. The number of nitrogens with one attached hydrogen (secondary N) is 1. The first-order valence-corrected chi connectivity index (χ1v) is 13.1. The highest BCUT2D eigenvalue weighted by atomic mass is 32.2. The van der Waals surface area contributed by atoms with Crippen molar-refractivity contribution in [1.82, 2.24) is 15.5 Å². The number of nitrogen functional groups attached to an aromatic ring is 1. The number of fused-ring (bicyclic) bond motifs is 1. The molecule has 13 heteroatoms. The van der Waals surface area contributed by atoms with Gasteiger partial charge in [-0.2, -0.15) is 0 Å². The Morgan fingerprint density at radius 3 is 2.64 bits per heavy atom. The third kappa shape index (κ3) is 4.59. The van der Waals surface area contributed by atoms with E-state index < -0.39 is 36.0 Å². The Kier molecular flexibility index (Phi) is 7.21. The average Bonchev–Trinajstić information content (AvgIpc) is 3.58. The summed E-state index contributed by atoms with van der Waals surface area (Å²) in [6.07, 6.45) is -0.288. The molecule has 2 fully saturated rings. The van der Waals surface area contributed by atoms with Gasteiger partial charge in [0.2, 0.25) is 0 Å². The lowest BCUT2D eigenvalue weighted by Crippen LogP contribution is -2.52. The van der Waals surface area contributed by atoms with Gasteiger partial charge >= 0.3 is 0 Å². The Morgan fingerprint density at radius 1 is 1.19 bits per heavy atom. The minimum Gasteiger partial charge on any atom is -0.394 e. The van der Waals surface area contributed by atoms with Crippen molar-refractivity contribution in [3.63, 3.8) is 0 Å². The average molecular weight is 525 g/mol. The summed E-state index contributed by atoms with van der Waals surface area (Å²) in [6, 6.07) is 1.64. The van der Waals surface area contributed by atoms with Crippen molar-refractivity contribution in [2.45, 2.75) is 68.0 Å². The van der Waals surface area contributed by atoms with Crippen molar-refractivity contribution in [2.75, 3.05) is 34.7 Å². The molecule has 2 aromatic rings. The molecule has 196 valence electrons. The number of hydrogen-bond acceptors (Lipinski definition) is 11. The Labute approximate surface area is 211 Å². The number of anilines is 4. The number of aliphatic hydroxyl groups excluding tert-OH is 3. The van der Waals surface area contributed by atoms with E-state index in [0.29, 0.717) is 27.9 Å². The molecule has 4 atom stereocenters. The lowest BCUT2D eigenvalue weighted by molar-refractivity contribution is -0.0617. The van der Waals surface area contributed by atoms with Gasteiger partial charge in [0.05, 0.1) is 31.0 Å². The van der Waals surface area contributed by atoms with Crippen LogP contribution in [0, 0.1) is 11.6 Å². The quantitative estimate of drug-likeness (QED) is 0.243. The molecule has 1 aromatic heterocycles. The number of hydrazine groups is 2. The first-order valence-electron chi connectivity index (χ1n) is 12.1. The molecule has 1 aliphatic heterocycles. The van der Waals surface area contributed by atoms with Gasteiger partial charge < -0.3 is 25.8 Å². The van der Waals surface area contributed by atoms with Crippen LogP contribution in [0.3, 0.4) is 0 Å². The van der Waals surface area contributed by atoms with Gasteiger partial charge in [-0.25, -0.2) is 18.7 Å². The van der Waals surface area contributed by atoms with Crippen molar-refractivity contribution in [3.05, 3.63) is 29.3 Å². The SMILES string of the molecule is CCCSc1nc(N)c2c(n1)N(C1CC(OCCO)C(O)C1O)NN2c1cc(F)c(F)cc1C1CC1. The van der Waals surface area contributed by atoms with E-state index in [0.717, 1.165) is 31.1 Å². The number of thioether (sulfide) groups is 1. The van der Waals surface area contributed by atoms with Crippen molar-refractivity contribution in [2.24, 2.45) is 0 Å². The summed E-state index contributed by atoms with van der Waals surface area (Å²) in [5.41, 5.74) is 10.9. The number of nitrogens with zero attached hydrogens (tertiary/aromatic N) is 4. The molecule has 36 heavy (non-hydrogen) atoms. The summed E-state index contributed by atoms with van der Waals surface area (Å²) in [5.74, 6) is -0.573. The predicted molar refractivity (Wildman–Crippen MR) is 131 cm³/mol. The van der Waals surface area contributed by atoms with Crippen LogP contribution < -0.4 is 21.3 Å². The zero-order valence-electron chi connectivity index (χ0n) is 19.8. The van der Waals surface area contributed by atoms with Crippen molar-refractivity contribution in [3.8, 4) is 0 Å². The van der Waals surface area contributed by atoms with Crippen molar-refractivity contribution < 1.29 is 28.8 Å². The van der Waals surface area contributed by atoms with E-state index in [1.165, 1.54) is 22.8 Å². The normalized spacial score (nSPS) is 25.6. The van der Waals surface area contributed by atoms with Gasteiger partial charge in [0.25, 0.3) is 0 Å². The summed E-state index contributed by atoms with van der Waals surface area (Å²) in [4.78, 5) is 9.11. The maximum atomic E-state index is 14.4. The number of aliphatic hydroxyl groups is 3. The Hall–Kier alpha value is -2.29. The fourth-order valence-electron chi connectivity index (χ4n) is 4.75. The second kappa shape index (κ2) is 10.2. The van der Waals surface area contributed by atoms with Gasteiger partial charge in [-0.05, 0) is 36.8 Å². The van der Waals surface area contributed by atoms with Crippen LogP contribution in [0.1, 0.15) is 44.1 Å². The van der Waals surface area contributed by atoms with Crippen LogP contribution >= 0.6 is 11.8 Å². The lowest BCUT2D eigenvalue weighted by atomic mass is 10.1. The molecule has 6 N–H and O–H groups in total. The maximum absolute atomic E-state index is 14.4. The van der Waals surface area contributed by atoms with E-state index >= 15 is 0 Å². The van der Waals surface area contributed by atoms with E-state index in [1.54, 1.807) is 5.01 Å². The van der Waals surface area contributed by atoms with Crippen LogP contribution in [-0.4, -0.2) is 68.6 Å². The second-order valence-corrected chi connectivity index (χ2v) is 10.3. The molecule has 0 saturated heterocycles. The molecule has 2 saturated carbocycles. The second-order valence-electron chi connectivity index (χ2n) is 9.23. The Balaban J connectivity index is 1.57. The number of nitrogens with two attached hydrogens (primary N) is 1. The zero-order valence-corrected chi connectivity index (χ0v) is 20.6. The Bertz CT molecular complexity index is 1130. The number of rotatable bonds is 9. The van der Waals surface area contributed by atoms with Crippen LogP contribution in [0.25, 0.3) is 0 Å². The topological polar surface area (TPSA) is 140 Å². The van der Waals surface area contributed by atoms with Gasteiger partial charge in [0, 0.05) is 18.2 Å². The van der Waals surface area contributed by atoms with Crippen molar-refractivity contribution >= 4 is 34.8 Å². The fourth-order valence-corrected chi connectivity index (χ4v) is 5.45. The van der Waals surface area contributed by atoms with Crippen LogP contribution in [0.4, 0.5) is 31.8 Å². The van der Waals surface area contributed by atoms with Gasteiger partial charge in [-0.1, -0.05) is 18.7 Å². The maximum Gasteiger partial charge on any atom is 0.191 e. The van der Waals surface area contributed by atoms with Gasteiger partial charge in [0.1, 0.15) is 17.9 Å². The molecule has 3 aliphatic rings. The van der Waals surface area contributed by atoms with E-state index in [-0.39, 0.29) is 31.4 Å². The summed E-state index contributed by atoms with van der Waals surface area (Å²) in [7, 11) is 0. The molecule has 2 heterocycles. The zero-order chi connectivity index (χ0) is 25.6. The number of halogens is 2. The highest BCUT2D eigenvalue weighted by molar-refractivity contribution is 7.99. The molecule has 5 rings (SSSR count). The third-order valence-electron chi connectivity index (χ3n) is 6.65. The number of ether oxygens (including phenoxy) is 1. The third-order valence-corrected chi connectivity index (χ3v) is 7.70. The van der Waals surface area contributed by atoms with Crippen LogP contribution in [0.5, 0.6) is 0 Å². The molecule has 1 aromatic carbocycles. The molecule has 0 spiro atoms. The highest BCUT2D eigenvalue weighted by Crippen LogP contribution is 2.50. The predicted octanol–water partition coefficient (Wildman–Crippen LogP) is 1.97. The van der Waals surface area contributed by atoms with Crippen LogP contribution in [0.15, 0.2) is 17.3 Å². The largest absolute Gasteiger partial charge is 0.394 e. The minimum atomic E-state index is -1.22. The van der Waals surface area contributed by atoms with E-state index in [4.69, 9.17) is 15.6 Å². The number of aromatic nitrogens is 2. The number of hydrogen-bond donors (Lipinski definition) is 5. The first-order chi connectivity index (χ1) is 17.3. The van der Waals surface area contributed by atoms with Gasteiger partial charge in [-0.15, -0.1) is 5.53 Å². The molecule has 10 nitrogen and oxygen atoms in total. The monoisotopic (exact) mass is 524 g/mol. The minimum absolute atomic E-state index is 0.0177. The summed E-state index contributed by atoms with van der Waals surface area (Å²) in [5, 5.41) is 34.1. The van der Waals surface area contributed by atoms with E-state index in [2.05, 4.69) is 15.5 Å². The first kappa shape index (κ1) is 25.4. The fraction of sp³-hybridized carbons (Fsp3) is 0.565. The summed E-state index contributed by atoms with van der Waals surface area (Å²) >= 11 is 1.43. The van der Waals surface area contributed by atoms with Gasteiger partial charge in [0.15, 0.2) is 28.4 Å². The molecule has 0 radical (unpaired) electrons. The van der Waals surface area contributed by atoms with Crippen LogP contribution in [-0.2, 0) is 4.74 Å². The standard InChI is InChI=1S/C23H30F2N6O4S/c1-2-7-36-23-27-21(26)18-22(28-23)31(16-10-17(35-6-5-32)20(34)19(16)33)29-30(18)15-9-14(25)13(24)8-12(15)11-3-4-11/h8-9,11,16-17,19-20,29,32-34H,2-7,10H2,1H3,(H2,26,27,28). The smallest absolute Gasteiger partial charge is 0.191 e. The highest BCUT2D eigenvalue weighted by Gasteiger charge is 2.49. The van der Waals surface area contributed by atoms with Crippen LogP contribution in [0.2, 0.25) is 0 Å².